The molecule has 1 aliphatic rings. The number of aliphatic hydroxyl groups is 1. The Hall–Kier alpha value is -0.950. The smallest absolute Gasteiger partial charge is 0.261 e. The monoisotopic (exact) mass is 304 g/mol. The Labute approximate surface area is 121 Å². The van der Waals surface area contributed by atoms with Gasteiger partial charge in [-0.05, 0) is 32.0 Å². The number of amides is 1. The molecule has 2 heterocycles. The lowest BCUT2D eigenvalue weighted by atomic mass is 10.0. The van der Waals surface area contributed by atoms with E-state index in [-0.39, 0.29) is 30.1 Å². The van der Waals surface area contributed by atoms with Crippen molar-refractivity contribution in [1.29, 1.82) is 0 Å². The molecule has 0 aliphatic carbocycles. The van der Waals surface area contributed by atoms with Gasteiger partial charge in [-0.15, -0.1) is 23.7 Å². The molecule has 7 heteroatoms. The lowest BCUT2D eigenvalue weighted by molar-refractivity contribution is 0.0758. The first-order valence-corrected chi connectivity index (χ1v) is 6.70. The predicted octanol–water partition coefficient (Wildman–Crippen LogP) is 0.825. The molecular formula is C12H17ClN2O3S. The number of thiophene rings is 1. The molecule has 0 aromatic carbocycles. The summed E-state index contributed by atoms with van der Waals surface area (Å²) in [6.45, 7) is 2.81. The van der Waals surface area contributed by atoms with Crippen molar-refractivity contribution in [3.05, 3.63) is 21.9 Å². The van der Waals surface area contributed by atoms with Gasteiger partial charge in [-0.3, -0.25) is 9.59 Å². The Kier molecular flexibility index (Phi) is 5.93. The molecule has 1 aromatic rings. The first kappa shape index (κ1) is 16.1. The van der Waals surface area contributed by atoms with Crippen molar-refractivity contribution >= 4 is 35.4 Å². The Balaban J connectivity index is 0.00000180. The van der Waals surface area contributed by atoms with Crippen molar-refractivity contribution in [3.8, 4) is 0 Å². The lowest BCUT2D eigenvalue weighted by Crippen LogP contribution is -2.53. The van der Waals surface area contributed by atoms with Gasteiger partial charge in [-0.1, -0.05) is 0 Å². The molecule has 0 radical (unpaired) electrons. The number of piperidine rings is 1. The van der Waals surface area contributed by atoms with E-state index >= 15 is 0 Å². The molecule has 19 heavy (non-hydrogen) atoms. The summed E-state index contributed by atoms with van der Waals surface area (Å²) in [5.74, 6) is -0.279. The summed E-state index contributed by atoms with van der Waals surface area (Å²) in [7, 11) is 0. The van der Waals surface area contributed by atoms with Crippen molar-refractivity contribution in [2.75, 3.05) is 13.1 Å². The Bertz CT molecular complexity index is 464. The van der Waals surface area contributed by atoms with Gasteiger partial charge in [0.2, 0.25) is 0 Å². The minimum absolute atomic E-state index is 0. The van der Waals surface area contributed by atoms with E-state index in [2.05, 4.69) is 10.6 Å². The molecule has 0 bridgehead atoms. The number of Topliss-reactive ketones (excluding diaryl/α,β-unsaturated/α-hetero) is 1. The van der Waals surface area contributed by atoms with Crippen LogP contribution in [0.25, 0.3) is 0 Å². The second kappa shape index (κ2) is 7.00. The number of rotatable bonds is 3. The molecule has 2 atom stereocenters. The van der Waals surface area contributed by atoms with Crippen LogP contribution in [0, 0.1) is 0 Å². The molecule has 5 nitrogen and oxygen atoms in total. The zero-order chi connectivity index (χ0) is 13.1. The van der Waals surface area contributed by atoms with E-state index in [1.807, 2.05) is 0 Å². The number of hydrogen-bond acceptors (Lipinski definition) is 5. The largest absolute Gasteiger partial charge is 0.391 e. The van der Waals surface area contributed by atoms with Crippen LogP contribution in [0.4, 0.5) is 0 Å². The summed E-state index contributed by atoms with van der Waals surface area (Å²) in [5.41, 5.74) is 0. The maximum Gasteiger partial charge on any atom is 0.261 e. The van der Waals surface area contributed by atoms with E-state index in [1.54, 1.807) is 12.1 Å². The summed E-state index contributed by atoms with van der Waals surface area (Å²) in [6.07, 6.45) is 0.121. The first-order valence-electron chi connectivity index (χ1n) is 5.88. The average Bonchev–Trinajstić information content (AvgIpc) is 2.81. The first-order chi connectivity index (χ1) is 8.58. The van der Waals surface area contributed by atoms with Crippen molar-refractivity contribution in [2.45, 2.75) is 25.5 Å². The molecule has 0 spiro atoms. The van der Waals surface area contributed by atoms with Gasteiger partial charge in [0.05, 0.1) is 21.9 Å². The minimum Gasteiger partial charge on any atom is -0.391 e. The normalized spacial score (nSPS) is 22.4. The molecular weight excluding hydrogens is 288 g/mol. The molecule has 1 fully saturated rings. The molecule has 1 amide bonds. The van der Waals surface area contributed by atoms with Gasteiger partial charge in [0.15, 0.2) is 5.78 Å². The number of carbonyl (C=O) groups excluding carboxylic acids is 2. The summed E-state index contributed by atoms with van der Waals surface area (Å²) < 4.78 is 0. The van der Waals surface area contributed by atoms with Gasteiger partial charge in [0, 0.05) is 6.54 Å². The molecule has 0 saturated carbocycles. The number of ketones is 1. The third-order valence-corrected chi connectivity index (χ3v) is 4.12. The van der Waals surface area contributed by atoms with E-state index < -0.39 is 6.10 Å². The van der Waals surface area contributed by atoms with E-state index in [9.17, 15) is 14.7 Å². The van der Waals surface area contributed by atoms with Gasteiger partial charge in [0.1, 0.15) is 0 Å². The van der Waals surface area contributed by atoms with E-state index in [4.69, 9.17) is 0 Å². The number of nitrogens with one attached hydrogen (secondary N) is 2. The van der Waals surface area contributed by atoms with Crippen LogP contribution in [-0.4, -0.2) is 42.0 Å². The molecule has 3 N–H and O–H groups in total. The van der Waals surface area contributed by atoms with Gasteiger partial charge in [0.25, 0.3) is 5.91 Å². The fourth-order valence-electron chi connectivity index (χ4n) is 1.88. The predicted molar refractivity (Wildman–Crippen MR) is 76.3 cm³/mol. The van der Waals surface area contributed by atoms with Crippen LogP contribution < -0.4 is 10.6 Å². The summed E-state index contributed by atoms with van der Waals surface area (Å²) in [4.78, 5) is 24.2. The van der Waals surface area contributed by atoms with Crippen LogP contribution in [0.1, 0.15) is 32.7 Å². The van der Waals surface area contributed by atoms with Gasteiger partial charge in [-0.25, -0.2) is 0 Å². The molecule has 1 aromatic heterocycles. The highest BCUT2D eigenvalue weighted by molar-refractivity contribution is 7.15. The Morgan fingerprint density at radius 3 is 2.68 bits per heavy atom. The Morgan fingerprint density at radius 1 is 1.42 bits per heavy atom. The van der Waals surface area contributed by atoms with Crippen molar-refractivity contribution in [1.82, 2.24) is 10.6 Å². The van der Waals surface area contributed by atoms with Crippen molar-refractivity contribution in [2.24, 2.45) is 0 Å². The molecule has 106 valence electrons. The minimum atomic E-state index is -0.512. The van der Waals surface area contributed by atoms with E-state index in [1.165, 1.54) is 18.3 Å². The third kappa shape index (κ3) is 4.01. The quantitative estimate of drug-likeness (QED) is 0.723. The summed E-state index contributed by atoms with van der Waals surface area (Å²) in [6, 6.07) is 3.02. The van der Waals surface area contributed by atoms with Crippen molar-refractivity contribution < 1.29 is 14.7 Å². The highest BCUT2D eigenvalue weighted by Crippen LogP contribution is 2.17. The van der Waals surface area contributed by atoms with Crippen LogP contribution in [0.5, 0.6) is 0 Å². The van der Waals surface area contributed by atoms with Crippen LogP contribution in [0.3, 0.4) is 0 Å². The number of halogens is 1. The SMILES string of the molecule is CC(=O)c1ccc(C(=O)N[C@H]2CNCC[C@H]2O)s1.Cl. The van der Waals surface area contributed by atoms with E-state index in [0.717, 1.165) is 6.54 Å². The zero-order valence-corrected chi connectivity index (χ0v) is 12.1. The standard InChI is InChI=1S/C12H16N2O3S.ClH/c1-7(15)10-2-3-11(18-10)12(17)14-8-6-13-5-4-9(8)16;/h2-3,8-9,13,16H,4-6H2,1H3,(H,14,17);1H/t8-,9+;/m0./s1. The van der Waals surface area contributed by atoms with Gasteiger partial charge >= 0.3 is 0 Å². The fraction of sp³-hybridized carbons (Fsp3) is 0.500. The highest BCUT2D eigenvalue weighted by atomic mass is 35.5. The maximum absolute atomic E-state index is 11.9. The van der Waals surface area contributed by atoms with Crippen LogP contribution in [0.2, 0.25) is 0 Å². The van der Waals surface area contributed by atoms with Gasteiger partial charge in [-0.2, -0.15) is 0 Å². The third-order valence-electron chi connectivity index (χ3n) is 2.94. The van der Waals surface area contributed by atoms with Gasteiger partial charge < -0.3 is 15.7 Å². The average molecular weight is 305 g/mol. The second-order valence-corrected chi connectivity index (χ2v) is 5.44. The van der Waals surface area contributed by atoms with Crippen LogP contribution in [0.15, 0.2) is 12.1 Å². The summed E-state index contributed by atoms with van der Waals surface area (Å²) in [5, 5.41) is 15.7. The number of aliphatic hydroxyl groups excluding tert-OH is 1. The molecule has 1 aliphatic heterocycles. The molecule has 0 unspecified atom stereocenters. The molecule has 2 rings (SSSR count). The number of carbonyl (C=O) groups is 2. The second-order valence-electron chi connectivity index (χ2n) is 4.36. The lowest BCUT2D eigenvalue weighted by Gasteiger charge is -2.28. The zero-order valence-electron chi connectivity index (χ0n) is 10.5. The highest BCUT2D eigenvalue weighted by Gasteiger charge is 2.25. The van der Waals surface area contributed by atoms with E-state index in [0.29, 0.717) is 22.7 Å². The Morgan fingerprint density at radius 2 is 2.11 bits per heavy atom. The topological polar surface area (TPSA) is 78.4 Å². The van der Waals surface area contributed by atoms with Crippen LogP contribution in [-0.2, 0) is 0 Å². The van der Waals surface area contributed by atoms with Crippen LogP contribution >= 0.6 is 23.7 Å². The maximum atomic E-state index is 11.9. The van der Waals surface area contributed by atoms with Crippen molar-refractivity contribution in [3.63, 3.8) is 0 Å². The summed E-state index contributed by atoms with van der Waals surface area (Å²) >= 11 is 1.18. The fourth-order valence-corrected chi connectivity index (χ4v) is 2.69. The number of hydrogen-bond donors (Lipinski definition) is 3. The molecule has 1 saturated heterocycles.